The molecule has 1 unspecified atom stereocenters. The molecule has 6 heteroatoms. The third kappa shape index (κ3) is 4.60. The number of carboxylic acids is 1. The molecule has 0 spiro atoms. The molecule has 0 bridgehead atoms. The van der Waals surface area contributed by atoms with E-state index in [4.69, 9.17) is 5.11 Å². The standard InChI is InChI=1S/C15H16FNO3S/c16-13-8-11(4-3-10(13)5-6-14(18)19)15(20)17-12-2-1-7-21-9-12/h3-6,8,12H,1-2,7,9H2,(H,17,20)(H,18,19)/b6-5+. The number of hydrogen-bond donors (Lipinski definition) is 2. The van der Waals surface area contributed by atoms with Crippen molar-refractivity contribution in [2.75, 3.05) is 11.5 Å². The van der Waals surface area contributed by atoms with Crippen LogP contribution < -0.4 is 5.32 Å². The summed E-state index contributed by atoms with van der Waals surface area (Å²) in [5.74, 6) is -0.0569. The predicted molar refractivity (Wildman–Crippen MR) is 80.9 cm³/mol. The zero-order valence-electron chi connectivity index (χ0n) is 11.3. The fraction of sp³-hybridized carbons (Fsp3) is 0.333. The first-order valence-corrected chi connectivity index (χ1v) is 7.81. The Morgan fingerprint density at radius 3 is 2.86 bits per heavy atom. The molecule has 1 aliphatic heterocycles. The van der Waals surface area contributed by atoms with Gasteiger partial charge in [-0.15, -0.1) is 0 Å². The van der Waals surface area contributed by atoms with Crippen LogP contribution in [0, 0.1) is 5.82 Å². The van der Waals surface area contributed by atoms with Gasteiger partial charge in [-0.1, -0.05) is 6.07 Å². The molecule has 1 saturated heterocycles. The molecule has 1 fully saturated rings. The second-order valence-electron chi connectivity index (χ2n) is 4.80. The van der Waals surface area contributed by atoms with Gasteiger partial charge in [-0.3, -0.25) is 4.79 Å². The van der Waals surface area contributed by atoms with Crippen LogP contribution in [-0.2, 0) is 4.79 Å². The molecule has 0 aromatic heterocycles. The van der Waals surface area contributed by atoms with Crippen LogP contribution in [0.15, 0.2) is 24.3 Å². The smallest absolute Gasteiger partial charge is 0.328 e. The van der Waals surface area contributed by atoms with E-state index < -0.39 is 11.8 Å². The van der Waals surface area contributed by atoms with Gasteiger partial charge in [0.15, 0.2) is 0 Å². The molecule has 0 aliphatic carbocycles. The Bertz CT molecular complexity index is 568. The highest BCUT2D eigenvalue weighted by molar-refractivity contribution is 7.99. The lowest BCUT2D eigenvalue weighted by atomic mass is 10.1. The molecule has 1 heterocycles. The highest BCUT2D eigenvalue weighted by atomic mass is 32.2. The molecule has 1 aromatic carbocycles. The Morgan fingerprint density at radius 1 is 1.43 bits per heavy atom. The van der Waals surface area contributed by atoms with E-state index in [-0.39, 0.29) is 23.1 Å². The number of amides is 1. The molecular formula is C15H16FNO3S. The van der Waals surface area contributed by atoms with E-state index in [1.807, 2.05) is 0 Å². The lowest BCUT2D eigenvalue weighted by molar-refractivity contribution is -0.131. The highest BCUT2D eigenvalue weighted by Crippen LogP contribution is 2.18. The maximum atomic E-state index is 13.8. The number of hydrogen-bond acceptors (Lipinski definition) is 3. The van der Waals surface area contributed by atoms with Crippen LogP contribution in [0.2, 0.25) is 0 Å². The van der Waals surface area contributed by atoms with Crippen molar-refractivity contribution in [2.45, 2.75) is 18.9 Å². The van der Waals surface area contributed by atoms with Crippen molar-refractivity contribution in [2.24, 2.45) is 0 Å². The van der Waals surface area contributed by atoms with E-state index in [9.17, 15) is 14.0 Å². The molecule has 1 amide bonds. The molecule has 4 nitrogen and oxygen atoms in total. The third-order valence-electron chi connectivity index (χ3n) is 3.16. The van der Waals surface area contributed by atoms with Gasteiger partial charge in [-0.25, -0.2) is 9.18 Å². The number of benzene rings is 1. The topological polar surface area (TPSA) is 66.4 Å². The molecular weight excluding hydrogens is 293 g/mol. The Kier molecular flexibility index (Phi) is 5.38. The van der Waals surface area contributed by atoms with E-state index in [0.717, 1.165) is 42.6 Å². The predicted octanol–water partition coefficient (Wildman–Crippen LogP) is 2.55. The Morgan fingerprint density at radius 2 is 2.24 bits per heavy atom. The summed E-state index contributed by atoms with van der Waals surface area (Å²) in [4.78, 5) is 22.4. The first-order valence-electron chi connectivity index (χ1n) is 6.65. The lowest BCUT2D eigenvalue weighted by Crippen LogP contribution is -2.38. The minimum absolute atomic E-state index is 0.130. The second kappa shape index (κ2) is 7.26. The van der Waals surface area contributed by atoms with Gasteiger partial charge in [0, 0.05) is 29.0 Å². The summed E-state index contributed by atoms with van der Waals surface area (Å²) in [6.07, 6.45) is 4.04. The van der Waals surface area contributed by atoms with Crippen LogP contribution in [-0.4, -0.2) is 34.5 Å². The fourth-order valence-corrected chi connectivity index (χ4v) is 3.16. The molecule has 0 radical (unpaired) electrons. The molecule has 2 rings (SSSR count). The van der Waals surface area contributed by atoms with Crippen LogP contribution in [0.3, 0.4) is 0 Å². The molecule has 0 saturated carbocycles. The van der Waals surface area contributed by atoms with Gasteiger partial charge in [0.25, 0.3) is 5.91 Å². The maximum Gasteiger partial charge on any atom is 0.328 e. The molecule has 1 aliphatic rings. The number of halogens is 1. The number of nitrogens with one attached hydrogen (secondary N) is 1. The van der Waals surface area contributed by atoms with Crippen molar-refractivity contribution in [1.82, 2.24) is 5.32 Å². The van der Waals surface area contributed by atoms with E-state index in [1.54, 1.807) is 11.8 Å². The first-order chi connectivity index (χ1) is 10.1. The van der Waals surface area contributed by atoms with Crippen molar-refractivity contribution < 1.29 is 19.1 Å². The average molecular weight is 309 g/mol. The number of rotatable bonds is 4. The summed E-state index contributed by atoms with van der Waals surface area (Å²) in [7, 11) is 0. The Hall–Kier alpha value is -1.82. The largest absolute Gasteiger partial charge is 0.478 e. The molecule has 1 aromatic rings. The normalized spacial score (nSPS) is 18.6. The van der Waals surface area contributed by atoms with Crippen LogP contribution in [0.25, 0.3) is 6.08 Å². The van der Waals surface area contributed by atoms with Crippen LogP contribution in [0.5, 0.6) is 0 Å². The van der Waals surface area contributed by atoms with Gasteiger partial charge in [0.2, 0.25) is 0 Å². The van der Waals surface area contributed by atoms with Gasteiger partial charge in [0.1, 0.15) is 5.82 Å². The minimum atomic E-state index is -1.15. The summed E-state index contributed by atoms with van der Waals surface area (Å²) in [6.45, 7) is 0. The number of thioether (sulfide) groups is 1. The molecule has 112 valence electrons. The number of carbonyl (C=O) groups is 2. The van der Waals surface area contributed by atoms with E-state index in [2.05, 4.69) is 5.32 Å². The average Bonchev–Trinajstić information content (AvgIpc) is 2.46. The monoisotopic (exact) mass is 309 g/mol. The number of aliphatic carboxylic acids is 1. The highest BCUT2D eigenvalue weighted by Gasteiger charge is 2.17. The minimum Gasteiger partial charge on any atom is -0.478 e. The van der Waals surface area contributed by atoms with Gasteiger partial charge in [0.05, 0.1) is 0 Å². The Labute approximate surface area is 126 Å². The molecule has 1 atom stereocenters. The van der Waals surface area contributed by atoms with Crippen LogP contribution >= 0.6 is 11.8 Å². The van der Waals surface area contributed by atoms with Crippen LogP contribution in [0.1, 0.15) is 28.8 Å². The Balaban J connectivity index is 2.04. The quantitative estimate of drug-likeness (QED) is 0.839. The summed E-state index contributed by atoms with van der Waals surface area (Å²) in [5, 5.41) is 11.4. The molecule has 2 N–H and O–H groups in total. The van der Waals surface area contributed by atoms with Crippen molar-refractivity contribution in [3.05, 3.63) is 41.2 Å². The van der Waals surface area contributed by atoms with Crippen molar-refractivity contribution >= 4 is 29.7 Å². The van der Waals surface area contributed by atoms with Gasteiger partial charge in [-0.05, 0) is 36.8 Å². The summed E-state index contributed by atoms with van der Waals surface area (Å²) >= 11 is 1.80. The summed E-state index contributed by atoms with van der Waals surface area (Å²) in [5.41, 5.74) is 0.387. The summed E-state index contributed by atoms with van der Waals surface area (Å²) < 4.78 is 13.8. The maximum absolute atomic E-state index is 13.8. The van der Waals surface area contributed by atoms with Crippen LogP contribution in [0.4, 0.5) is 4.39 Å². The van der Waals surface area contributed by atoms with Crippen molar-refractivity contribution in [3.8, 4) is 0 Å². The van der Waals surface area contributed by atoms with Gasteiger partial charge >= 0.3 is 5.97 Å². The zero-order chi connectivity index (χ0) is 15.2. The van der Waals surface area contributed by atoms with E-state index in [1.165, 1.54) is 12.1 Å². The zero-order valence-corrected chi connectivity index (χ0v) is 12.2. The first kappa shape index (κ1) is 15.6. The van der Waals surface area contributed by atoms with Gasteiger partial charge < -0.3 is 10.4 Å². The van der Waals surface area contributed by atoms with E-state index >= 15 is 0 Å². The van der Waals surface area contributed by atoms with Crippen molar-refractivity contribution in [1.29, 1.82) is 0 Å². The molecule has 21 heavy (non-hydrogen) atoms. The second-order valence-corrected chi connectivity index (χ2v) is 5.95. The van der Waals surface area contributed by atoms with Crippen molar-refractivity contribution in [3.63, 3.8) is 0 Å². The number of carbonyl (C=O) groups excluding carboxylic acids is 1. The third-order valence-corrected chi connectivity index (χ3v) is 4.38. The van der Waals surface area contributed by atoms with E-state index in [0.29, 0.717) is 0 Å². The summed E-state index contributed by atoms with van der Waals surface area (Å²) in [6, 6.07) is 4.16. The SMILES string of the molecule is O=C(O)/C=C/c1ccc(C(=O)NC2CCCSC2)cc1F. The fourth-order valence-electron chi connectivity index (χ4n) is 2.09. The van der Waals surface area contributed by atoms with Gasteiger partial charge in [-0.2, -0.15) is 11.8 Å². The lowest BCUT2D eigenvalue weighted by Gasteiger charge is -2.22. The number of carboxylic acid groups (broad SMARTS) is 1.